The summed E-state index contributed by atoms with van der Waals surface area (Å²) in [5.41, 5.74) is 4.24. The molecule has 13 nitrogen and oxygen atoms in total. The van der Waals surface area contributed by atoms with Crippen molar-refractivity contribution >= 4 is 96.1 Å². The molecule has 0 aliphatic heterocycles. The number of pyridine rings is 2. The van der Waals surface area contributed by atoms with Gasteiger partial charge in [0.25, 0.3) is 0 Å². The minimum absolute atomic E-state index is 0.232. The molecule has 0 aliphatic carbocycles. The topological polar surface area (TPSA) is 156 Å². The number of rotatable bonds is 17. The second-order valence-electron chi connectivity index (χ2n) is 15.4. The fourth-order valence-electron chi connectivity index (χ4n) is 6.89. The molecule has 1 atom stereocenters. The van der Waals surface area contributed by atoms with Gasteiger partial charge < -0.3 is 40.4 Å². The van der Waals surface area contributed by atoms with Crippen LogP contribution in [-0.4, -0.2) is 91.4 Å². The Morgan fingerprint density at radius 1 is 0.683 bits per heavy atom. The zero-order chi connectivity index (χ0) is 43.0. The van der Waals surface area contributed by atoms with Crippen LogP contribution < -0.4 is 30.7 Å². The van der Waals surface area contributed by atoms with Crippen LogP contribution in [0.1, 0.15) is 47.0 Å². The van der Waals surface area contributed by atoms with Gasteiger partial charge in [0, 0.05) is 57.8 Å². The summed E-state index contributed by atoms with van der Waals surface area (Å²) in [5, 5.41) is 17.3. The summed E-state index contributed by atoms with van der Waals surface area (Å²) < 4.78 is 16.3. The van der Waals surface area contributed by atoms with E-state index in [1.54, 1.807) is 39.9 Å². The molecule has 316 valence electrons. The van der Waals surface area contributed by atoms with E-state index in [9.17, 15) is 14.4 Å². The molecule has 15 heteroatoms. The van der Waals surface area contributed by atoms with E-state index in [-0.39, 0.29) is 12.5 Å². The molecule has 3 amide bonds. The van der Waals surface area contributed by atoms with E-state index in [0.717, 1.165) is 67.2 Å². The van der Waals surface area contributed by atoms with Crippen molar-refractivity contribution in [3.63, 3.8) is 0 Å². The second-order valence-corrected chi connectivity index (χ2v) is 16.3. The molecule has 4 aromatic carbocycles. The molecule has 2 aromatic heterocycles. The average Bonchev–Trinajstić information content (AvgIpc) is 3.21. The number of alkyl carbamates (subject to hydrolysis) is 1. The van der Waals surface area contributed by atoms with Crippen molar-refractivity contribution < 1.29 is 28.6 Å². The Hall–Kier alpha value is -5.79. The quantitative estimate of drug-likeness (QED) is 0.0516. The molecule has 2 heterocycles. The highest BCUT2D eigenvalue weighted by Crippen LogP contribution is 2.36. The van der Waals surface area contributed by atoms with Crippen LogP contribution in [0.2, 0.25) is 10.0 Å². The molecule has 0 spiro atoms. The molecule has 0 saturated heterocycles. The number of fused-ring (bicyclic) bond motifs is 4. The SMILES string of the molecule is COc1ccc2nc3cc(Cl)ccc3c(NCCCCN(CCCNc3c4ccc(Cl)cc4nc4ccc(OC)cc34)C(=O)CNC(=O)[C@H](C)NC(=O)OC(C)(C)C)c2c1. The fourth-order valence-corrected chi connectivity index (χ4v) is 7.22. The standard InChI is InChI=1S/C45H51Cl2N7O6/c1-27(51-44(57)60-45(2,3)4)43(56)50-26-40(55)54(21-9-19-49-42-33-15-11-29(47)23-39(33)53-37-17-13-31(59-6)25-35(37)42)20-8-7-18-48-41-32-14-10-28(46)22-38(32)52-36-16-12-30(58-5)24-34(36)41/h10-17,22-25,27H,7-9,18-21,26H2,1-6H3,(H,48,52)(H,49,53)(H,50,56)(H,51,57)/t27-/m0/s1. The average molecular weight is 857 g/mol. The number of carbonyl (C=O) groups excluding carboxylic acids is 3. The highest BCUT2D eigenvalue weighted by Gasteiger charge is 2.23. The molecule has 0 fully saturated rings. The van der Waals surface area contributed by atoms with Crippen LogP contribution in [0.3, 0.4) is 0 Å². The minimum atomic E-state index is -0.911. The molecule has 4 N–H and O–H groups in total. The van der Waals surface area contributed by atoms with Crippen LogP contribution in [-0.2, 0) is 14.3 Å². The monoisotopic (exact) mass is 855 g/mol. The number of aromatic nitrogens is 2. The van der Waals surface area contributed by atoms with Crippen molar-refractivity contribution in [1.29, 1.82) is 0 Å². The first-order valence-corrected chi connectivity index (χ1v) is 20.7. The third kappa shape index (κ3) is 11.1. The second kappa shape index (κ2) is 19.5. The molecule has 6 rings (SSSR count). The lowest BCUT2D eigenvalue weighted by Crippen LogP contribution is -2.49. The number of unbranched alkanes of at least 4 members (excludes halogenated alkanes) is 1. The van der Waals surface area contributed by atoms with Crippen molar-refractivity contribution in [2.45, 2.75) is 58.6 Å². The molecule has 0 bridgehead atoms. The van der Waals surface area contributed by atoms with Crippen LogP contribution in [0.4, 0.5) is 16.2 Å². The van der Waals surface area contributed by atoms with Gasteiger partial charge in [-0.15, -0.1) is 0 Å². The molecular weight excluding hydrogens is 805 g/mol. The van der Waals surface area contributed by atoms with Crippen molar-refractivity contribution in [1.82, 2.24) is 25.5 Å². The largest absolute Gasteiger partial charge is 0.497 e. The molecule has 0 unspecified atom stereocenters. The van der Waals surface area contributed by atoms with Gasteiger partial charge in [-0.05, 0) is 120 Å². The number of ether oxygens (including phenoxy) is 3. The zero-order valence-corrected chi connectivity index (χ0v) is 36.2. The number of carbonyl (C=O) groups is 3. The lowest BCUT2D eigenvalue weighted by Gasteiger charge is -2.24. The first-order valence-electron chi connectivity index (χ1n) is 19.9. The van der Waals surface area contributed by atoms with Crippen LogP contribution in [0, 0.1) is 0 Å². The van der Waals surface area contributed by atoms with E-state index in [2.05, 4.69) is 21.3 Å². The summed E-state index contributed by atoms with van der Waals surface area (Å²) >= 11 is 12.7. The number of hydrogen-bond acceptors (Lipinski definition) is 10. The number of nitrogens with one attached hydrogen (secondary N) is 4. The van der Waals surface area contributed by atoms with Crippen molar-refractivity contribution in [3.8, 4) is 11.5 Å². The predicted molar refractivity (Wildman–Crippen MR) is 241 cm³/mol. The lowest BCUT2D eigenvalue weighted by molar-refractivity contribution is -0.133. The van der Waals surface area contributed by atoms with Gasteiger partial charge >= 0.3 is 6.09 Å². The van der Waals surface area contributed by atoms with E-state index in [4.69, 9.17) is 47.4 Å². The number of amides is 3. The Morgan fingerprint density at radius 2 is 1.20 bits per heavy atom. The summed E-state index contributed by atoms with van der Waals surface area (Å²) in [7, 11) is 3.26. The third-order valence-electron chi connectivity index (χ3n) is 9.84. The van der Waals surface area contributed by atoms with E-state index in [0.29, 0.717) is 54.8 Å². The van der Waals surface area contributed by atoms with Gasteiger partial charge in [0.05, 0.1) is 54.2 Å². The Morgan fingerprint density at radius 3 is 1.72 bits per heavy atom. The molecule has 0 aliphatic rings. The summed E-state index contributed by atoms with van der Waals surface area (Å²) in [6, 6.07) is 21.9. The molecule has 60 heavy (non-hydrogen) atoms. The summed E-state index contributed by atoms with van der Waals surface area (Å²) in [6.07, 6.45) is 1.32. The van der Waals surface area contributed by atoms with Gasteiger partial charge in [0.2, 0.25) is 11.8 Å². The van der Waals surface area contributed by atoms with Gasteiger partial charge in [-0.3, -0.25) is 9.59 Å². The summed E-state index contributed by atoms with van der Waals surface area (Å²) in [4.78, 5) is 50.4. The van der Waals surface area contributed by atoms with E-state index in [1.807, 2.05) is 72.8 Å². The summed E-state index contributed by atoms with van der Waals surface area (Å²) in [5.74, 6) is 0.691. The number of anilines is 2. The molecule has 0 saturated carbocycles. The highest BCUT2D eigenvalue weighted by atomic mass is 35.5. The highest BCUT2D eigenvalue weighted by molar-refractivity contribution is 6.32. The predicted octanol–water partition coefficient (Wildman–Crippen LogP) is 8.97. The Balaban J connectivity index is 1.13. The smallest absolute Gasteiger partial charge is 0.408 e. The summed E-state index contributed by atoms with van der Waals surface area (Å²) in [6.45, 7) is 8.57. The van der Waals surface area contributed by atoms with E-state index < -0.39 is 23.6 Å². The van der Waals surface area contributed by atoms with E-state index in [1.165, 1.54) is 6.92 Å². The first-order chi connectivity index (χ1) is 28.7. The Labute approximate surface area is 359 Å². The molecule has 6 aromatic rings. The Bertz CT molecular complexity index is 2530. The maximum atomic E-state index is 13.8. The molecule has 0 radical (unpaired) electrons. The first kappa shape index (κ1) is 43.8. The van der Waals surface area contributed by atoms with Gasteiger partial charge in [-0.1, -0.05) is 23.2 Å². The van der Waals surface area contributed by atoms with Crippen molar-refractivity contribution in [2.75, 3.05) is 57.6 Å². The van der Waals surface area contributed by atoms with Crippen LogP contribution in [0.15, 0.2) is 72.8 Å². The van der Waals surface area contributed by atoms with Gasteiger partial charge in [0.1, 0.15) is 23.1 Å². The van der Waals surface area contributed by atoms with Gasteiger partial charge in [-0.25, -0.2) is 14.8 Å². The maximum absolute atomic E-state index is 13.8. The van der Waals surface area contributed by atoms with Gasteiger partial charge in [0.15, 0.2) is 0 Å². The zero-order valence-electron chi connectivity index (χ0n) is 34.7. The number of methoxy groups -OCH3 is 2. The fraction of sp³-hybridized carbons (Fsp3) is 0.356. The van der Waals surface area contributed by atoms with Crippen molar-refractivity contribution in [2.24, 2.45) is 0 Å². The van der Waals surface area contributed by atoms with Crippen LogP contribution >= 0.6 is 23.2 Å². The number of nitrogens with zero attached hydrogens (tertiary/aromatic N) is 3. The van der Waals surface area contributed by atoms with Crippen LogP contribution in [0.25, 0.3) is 43.6 Å². The minimum Gasteiger partial charge on any atom is -0.497 e. The Kier molecular flexibility index (Phi) is 14.2. The maximum Gasteiger partial charge on any atom is 0.408 e. The number of hydrogen-bond donors (Lipinski definition) is 4. The van der Waals surface area contributed by atoms with Gasteiger partial charge in [-0.2, -0.15) is 0 Å². The molecular formula is C45H51Cl2N7O6. The van der Waals surface area contributed by atoms with E-state index >= 15 is 0 Å². The lowest BCUT2D eigenvalue weighted by atomic mass is 10.1. The number of halogens is 2. The number of benzene rings is 4. The van der Waals surface area contributed by atoms with Crippen molar-refractivity contribution in [3.05, 3.63) is 82.8 Å². The third-order valence-corrected chi connectivity index (χ3v) is 10.3. The normalized spacial score (nSPS) is 12.0. The van der Waals surface area contributed by atoms with Crippen LogP contribution in [0.5, 0.6) is 11.5 Å².